The first kappa shape index (κ1) is 16.3. The number of terminal acetylenes is 1. The zero-order chi connectivity index (χ0) is 15.8. The van der Waals surface area contributed by atoms with E-state index in [1.165, 1.54) is 0 Å². The lowest BCUT2D eigenvalue weighted by atomic mass is 10.2. The highest BCUT2D eigenvalue weighted by molar-refractivity contribution is 6.32. The van der Waals surface area contributed by atoms with Gasteiger partial charge < -0.3 is 20.1 Å². The van der Waals surface area contributed by atoms with Gasteiger partial charge in [0.2, 0.25) is 0 Å². The van der Waals surface area contributed by atoms with Crippen molar-refractivity contribution < 1.29 is 9.47 Å². The third kappa shape index (κ3) is 4.47. The number of nitrogens with one attached hydrogen (secondary N) is 2. The van der Waals surface area contributed by atoms with Gasteiger partial charge in [-0.05, 0) is 24.6 Å². The molecule has 6 heteroatoms. The Hall–Kier alpha value is -2.06. The largest absolute Gasteiger partial charge is 0.489 e. The van der Waals surface area contributed by atoms with Gasteiger partial charge in [0, 0.05) is 13.0 Å². The molecule has 0 saturated carbocycles. The highest BCUT2D eigenvalue weighted by Gasteiger charge is 2.15. The summed E-state index contributed by atoms with van der Waals surface area (Å²) >= 11 is 6.27. The van der Waals surface area contributed by atoms with E-state index in [2.05, 4.69) is 21.5 Å². The van der Waals surface area contributed by atoms with Crippen molar-refractivity contribution in [3.8, 4) is 23.8 Å². The van der Waals surface area contributed by atoms with Crippen LogP contribution in [0.2, 0.25) is 5.02 Å². The summed E-state index contributed by atoms with van der Waals surface area (Å²) in [4.78, 5) is 4.48. The minimum Gasteiger partial charge on any atom is -0.489 e. The first-order valence-electron chi connectivity index (χ1n) is 7.28. The van der Waals surface area contributed by atoms with Crippen molar-refractivity contribution in [2.24, 2.45) is 4.99 Å². The van der Waals surface area contributed by atoms with Crippen LogP contribution in [-0.4, -0.2) is 32.3 Å². The van der Waals surface area contributed by atoms with Gasteiger partial charge in [-0.3, -0.25) is 0 Å². The van der Waals surface area contributed by atoms with Crippen LogP contribution in [0.15, 0.2) is 17.1 Å². The molecule has 0 aromatic heterocycles. The molecular formula is C16H20ClN3O2. The maximum Gasteiger partial charge on any atom is 0.192 e. The second-order valence-corrected chi connectivity index (χ2v) is 5.12. The van der Waals surface area contributed by atoms with E-state index in [1.807, 2.05) is 19.1 Å². The standard InChI is InChI=1S/C16H20ClN3O2/c1-3-6-19-16(18-4-2)20-11-12-9-13(17)15-14(10-12)21-7-5-8-22-15/h1,9-10H,4-8,11H2,2H3,(H2,18,19,20). The second-order valence-electron chi connectivity index (χ2n) is 4.71. The minimum absolute atomic E-state index is 0.424. The van der Waals surface area contributed by atoms with Gasteiger partial charge in [-0.1, -0.05) is 17.5 Å². The monoisotopic (exact) mass is 321 g/mol. The Labute approximate surface area is 136 Å². The van der Waals surface area contributed by atoms with Crippen LogP contribution in [0, 0.1) is 12.3 Å². The summed E-state index contributed by atoms with van der Waals surface area (Å²) in [5.41, 5.74) is 0.951. The molecule has 0 spiro atoms. The van der Waals surface area contributed by atoms with Crippen LogP contribution in [0.25, 0.3) is 0 Å². The van der Waals surface area contributed by atoms with E-state index in [-0.39, 0.29) is 0 Å². The first-order valence-corrected chi connectivity index (χ1v) is 7.66. The van der Waals surface area contributed by atoms with E-state index in [0.717, 1.165) is 18.5 Å². The molecule has 1 heterocycles. The number of ether oxygens (including phenoxy) is 2. The van der Waals surface area contributed by atoms with Crippen molar-refractivity contribution in [3.05, 3.63) is 22.7 Å². The molecule has 0 saturated heterocycles. The SMILES string of the molecule is C#CCNC(=NCc1cc(Cl)c2c(c1)OCCCO2)NCC. The zero-order valence-corrected chi connectivity index (χ0v) is 13.4. The molecule has 1 aliphatic heterocycles. The van der Waals surface area contributed by atoms with Crippen molar-refractivity contribution in [1.82, 2.24) is 10.6 Å². The molecule has 1 aromatic rings. The number of hydrogen-bond acceptors (Lipinski definition) is 3. The number of rotatable bonds is 4. The second kappa shape index (κ2) is 8.40. The smallest absolute Gasteiger partial charge is 0.192 e. The molecule has 22 heavy (non-hydrogen) atoms. The molecule has 0 bridgehead atoms. The number of guanidine groups is 1. The fraction of sp³-hybridized carbons (Fsp3) is 0.438. The molecule has 0 atom stereocenters. The van der Waals surface area contributed by atoms with E-state index < -0.39 is 0 Å². The predicted molar refractivity (Wildman–Crippen MR) is 88.7 cm³/mol. The lowest BCUT2D eigenvalue weighted by molar-refractivity contribution is 0.297. The van der Waals surface area contributed by atoms with Crippen molar-refractivity contribution in [3.63, 3.8) is 0 Å². The Balaban J connectivity index is 2.13. The maximum absolute atomic E-state index is 6.27. The molecule has 0 aliphatic carbocycles. The number of hydrogen-bond donors (Lipinski definition) is 2. The molecule has 1 aliphatic rings. The fourth-order valence-electron chi connectivity index (χ4n) is 2.02. The molecule has 5 nitrogen and oxygen atoms in total. The van der Waals surface area contributed by atoms with Crippen LogP contribution in [-0.2, 0) is 6.54 Å². The third-order valence-corrected chi connectivity index (χ3v) is 3.26. The topological polar surface area (TPSA) is 54.9 Å². The van der Waals surface area contributed by atoms with Crippen molar-refractivity contribution >= 4 is 17.6 Å². The Kier molecular flexibility index (Phi) is 6.23. The lowest BCUT2D eigenvalue weighted by Gasteiger charge is -2.12. The summed E-state index contributed by atoms with van der Waals surface area (Å²) in [5, 5.41) is 6.72. The van der Waals surface area contributed by atoms with Crippen LogP contribution >= 0.6 is 11.6 Å². The molecule has 0 radical (unpaired) electrons. The molecule has 2 N–H and O–H groups in total. The highest BCUT2D eigenvalue weighted by Crippen LogP contribution is 2.38. The van der Waals surface area contributed by atoms with Gasteiger partial charge in [0.25, 0.3) is 0 Å². The Bertz CT molecular complexity index is 581. The van der Waals surface area contributed by atoms with Gasteiger partial charge in [0.15, 0.2) is 17.5 Å². The number of nitrogens with zero attached hydrogens (tertiary/aromatic N) is 1. The minimum atomic E-state index is 0.424. The number of aliphatic imine (C=N–C) groups is 1. The van der Waals surface area contributed by atoms with E-state index in [0.29, 0.717) is 48.8 Å². The molecule has 0 fully saturated rings. The average Bonchev–Trinajstić information content (AvgIpc) is 2.76. The van der Waals surface area contributed by atoms with E-state index in [1.54, 1.807) is 0 Å². The average molecular weight is 322 g/mol. The van der Waals surface area contributed by atoms with Crippen LogP contribution in [0.4, 0.5) is 0 Å². The summed E-state index contributed by atoms with van der Waals surface area (Å²) in [5.74, 6) is 4.48. The van der Waals surface area contributed by atoms with Crippen molar-refractivity contribution in [2.45, 2.75) is 19.9 Å². The third-order valence-electron chi connectivity index (χ3n) is 2.98. The number of halogens is 1. The van der Waals surface area contributed by atoms with Gasteiger partial charge in [-0.2, -0.15) is 0 Å². The van der Waals surface area contributed by atoms with Crippen LogP contribution < -0.4 is 20.1 Å². The van der Waals surface area contributed by atoms with Crippen LogP contribution in [0.3, 0.4) is 0 Å². The molecule has 1 aromatic carbocycles. The van der Waals surface area contributed by atoms with Crippen molar-refractivity contribution in [2.75, 3.05) is 26.3 Å². The summed E-state index contributed by atoms with van der Waals surface area (Å²) < 4.78 is 11.3. The molecule has 0 amide bonds. The first-order chi connectivity index (χ1) is 10.7. The summed E-state index contributed by atoms with van der Waals surface area (Å²) in [6.45, 7) is 4.90. The zero-order valence-electron chi connectivity index (χ0n) is 12.6. The Morgan fingerprint density at radius 2 is 2.18 bits per heavy atom. The van der Waals surface area contributed by atoms with Gasteiger partial charge in [-0.15, -0.1) is 6.42 Å². The molecule has 2 rings (SSSR count). The van der Waals surface area contributed by atoms with E-state index in [9.17, 15) is 0 Å². The van der Waals surface area contributed by atoms with E-state index >= 15 is 0 Å². The maximum atomic E-state index is 6.27. The Morgan fingerprint density at radius 3 is 2.95 bits per heavy atom. The summed E-state index contributed by atoms with van der Waals surface area (Å²) in [6, 6.07) is 3.77. The predicted octanol–water partition coefficient (Wildman–Crippen LogP) is 2.19. The normalized spacial score (nSPS) is 14.0. The Morgan fingerprint density at radius 1 is 1.36 bits per heavy atom. The highest BCUT2D eigenvalue weighted by atomic mass is 35.5. The number of fused-ring (bicyclic) bond motifs is 1. The van der Waals surface area contributed by atoms with E-state index in [4.69, 9.17) is 27.5 Å². The van der Waals surface area contributed by atoms with Gasteiger partial charge in [0.05, 0.1) is 31.3 Å². The summed E-state index contributed by atoms with van der Waals surface area (Å²) in [7, 11) is 0. The quantitative estimate of drug-likeness (QED) is 0.507. The fourth-order valence-corrected chi connectivity index (χ4v) is 2.31. The van der Waals surface area contributed by atoms with Gasteiger partial charge in [-0.25, -0.2) is 4.99 Å². The van der Waals surface area contributed by atoms with Gasteiger partial charge in [0.1, 0.15) is 0 Å². The molecule has 118 valence electrons. The van der Waals surface area contributed by atoms with Crippen LogP contribution in [0.1, 0.15) is 18.9 Å². The molecular weight excluding hydrogens is 302 g/mol. The lowest BCUT2D eigenvalue weighted by Crippen LogP contribution is -2.37. The van der Waals surface area contributed by atoms with Crippen LogP contribution in [0.5, 0.6) is 11.5 Å². The summed E-state index contributed by atoms with van der Waals surface area (Å²) in [6.07, 6.45) is 6.09. The van der Waals surface area contributed by atoms with Gasteiger partial charge >= 0.3 is 0 Å². The van der Waals surface area contributed by atoms with Crippen molar-refractivity contribution in [1.29, 1.82) is 0 Å². The number of benzene rings is 1. The molecule has 0 unspecified atom stereocenters.